The third-order valence-electron chi connectivity index (χ3n) is 2.01. The fraction of sp³-hybridized carbons (Fsp3) is 0.556. The van der Waals surface area contributed by atoms with Crippen molar-refractivity contribution < 1.29 is 4.79 Å². The van der Waals surface area contributed by atoms with E-state index in [-0.39, 0.29) is 6.03 Å². The highest BCUT2D eigenvalue weighted by atomic mass is 16.2. The maximum absolute atomic E-state index is 11.6. The lowest BCUT2D eigenvalue weighted by Gasteiger charge is -2.18. The van der Waals surface area contributed by atoms with Crippen molar-refractivity contribution in [3.05, 3.63) is 12.4 Å². The Morgan fingerprint density at radius 1 is 1.57 bits per heavy atom. The molecular formula is C9H16N4O. The number of urea groups is 1. The van der Waals surface area contributed by atoms with E-state index in [2.05, 4.69) is 10.4 Å². The van der Waals surface area contributed by atoms with E-state index in [1.54, 1.807) is 22.0 Å². The summed E-state index contributed by atoms with van der Waals surface area (Å²) in [4.78, 5) is 13.3. The number of aryl methyl sites for hydroxylation is 1. The van der Waals surface area contributed by atoms with Gasteiger partial charge in [-0.1, -0.05) is 0 Å². The number of hydrogen-bond acceptors (Lipinski definition) is 2. The van der Waals surface area contributed by atoms with E-state index in [0.717, 1.165) is 5.69 Å². The first-order chi connectivity index (χ1) is 6.67. The number of carbonyl (C=O) groups excluding carboxylic acids is 1. The molecule has 5 nitrogen and oxygen atoms in total. The number of hydrogen-bond donors (Lipinski definition) is 1. The van der Waals surface area contributed by atoms with E-state index in [1.165, 1.54) is 0 Å². The molecule has 1 aromatic heterocycles. The second kappa shape index (κ2) is 4.64. The second-order valence-corrected chi connectivity index (χ2v) is 3.01. The van der Waals surface area contributed by atoms with Gasteiger partial charge in [0.1, 0.15) is 0 Å². The Balaban J connectivity index is 2.56. The normalized spacial score (nSPS) is 9.93. The summed E-state index contributed by atoms with van der Waals surface area (Å²) in [5.74, 6) is 0. The summed E-state index contributed by atoms with van der Waals surface area (Å²) in [5.41, 5.74) is 0.726. The Hall–Kier alpha value is -1.52. The van der Waals surface area contributed by atoms with Crippen LogP contribution in [0.1, 0.15) is 13.8 Å². The molecular weight excluding hydrogens is 180 g/mol. The number of anilines is 1. The monoisotopic (exact) mass is 196 g/mol. The number of aromatic nitrogens is 2. The van der Waals surface area contributed by atoms with Gasteiger partial charge in [-0.15, -0.1) is 0 Å². The van der Waals surface area contributed by atoms with Gasteiger partial charge in [-0.3, -0.25) is 4.68 Å². The lowest BCUT2D eigenvalue weighted by Crippen LogP contribution is -2.34. The number of nitrogens with zero attached hydrogens (tertiary/aromatic N) is 3. The van der Waals surface area contributed by atoms with Gasteiger partial charge in [0.05, 0.1) is 11.9 Å². The summed E-state index contributed by atoms with van der Waals surface area (Å²) in [6, 6.07) is -0.0806. The van der Waals surface area contributed by atoms with Gasteiger partial charge in [-0.2, -0.15) is 5.10 Å². The average molecular weight is 196 g/mol. The van der Waals surface area contributed by atoms with Gasteiger partial charge in [0.2, 0.25) is 0 Å². The lowest BCUT2D eigenvalue weighted by molar-refractivity contribution is 0.217. The maximum atomic E-state index is 11.6. The van der Waals surface area contributed by atoms with E-state index >= 15 is 0 Å². The van der Waals surface area contributed by atoms with Crippen LogP contribution in [0.3, 0.4) is 0 Å². The van der Waals surface area contributed by atoms with Crippen LogP contribution in [0, 0.1) is 0 Å². The molecule has 0 unspecified atom stereocenters. The second-order valence-electron chi connectivity index (χ2n) is 3.01. The zero-order valence-electron chi connectivity index (χ0n) is 8.82. The highest BCUT2D eigenvalue weighted by molar-refractivity contribution is 5.88. The molecule has 0 atom stereocenters. The molecule has 0 aliphatic rings. The third-order valence-corrected chi connectivity index (χ3v) is 2.01. The van der Waals surface area contributed by atoms with Crippen molar-refractivity contribution in [1.82, 2.24) is 14.7 Å². The Morgan fingerprint density at radius 2 is 2.21 bits per heavy atom. The minimum atomic E-state index is -0.0806. The smallest absolute Gasteiger partial charge is 0.321 e. The largest absolute Gasteiger partial charge is 0.325 e. The van der Waals surface area contributed by atoms with Crippen LogP contribution in [-0.4, -0.2) is 33.8 Å². The summed E-state index contributed by atoms with van der Waals surface area (Å²) in [6.45, 7) is 5.32. The molecule has 0 aromatic carbocycles. The SMILES string of the molecule is CCN(CC)C(=O)Nc1cnn(C)c1. The first kappa shape index (κ1) is 10.6. The first-order valence-electron chi connectivity index (χ1n) is 4.72. The van der Waals surface area contributed by atoms with Gasteiger partial charge < -0.3 is 10.2 Å². The molecule has 1 aromatic rings. The van der Waals surface area contributed by atoms with Crippen molar-refractivity contribution >= 4 is 11.7 Å². The fourth-order valence-corrected chi connectivity index (χ4v) is 1.20. The zero-order chi connectivity index (χ0) is 10.6. The third kappa shape index (κ3) is 2.48. The van der Waals surface area contributed by atoms with Crippen molar-refractivity contribution in [2.24, 2.45) is 7.05 Å². The summed E-state index contributed by atoms with van der Waals surface area (Å²) < 4.78 is 1.65. The molecule has 2 amide bonds. The van der Waals surface area contributed by atoms with Gasteiger partial charge in [-0.05, 0) is 13.8 Å². The molecule has 0 saturated carbocycles. The maximum Gasteiger partial charge on any atom is 0.321 e. The molecule has 0 aliphatic carbocycles. The molecule has 0 bridgehead atoms. The van der Waals surface area contributed by atoms with E-state index in [9.17, 15) is 4.79 Å². The van der Waals surface area contributed by atoms with E-state index < -0.39 is 0 Å². The predicted octanol–water partition coefficient (Wildman–Crippen LogP) is 1.29. The Labute approximate surface area is 83.7 Å². The molecule has 1 heterocycles. The van der Waals surface area contributed by atoms with Gasteiger partial charge in [-0.25, -0.2) is 4.79 Å². The highest BCUT2D eigenvalue weighted by Crippen LogP contribution is 2.04. The van der Waals surface area contributed by atoms with E-state index in [4.69, 9.17) is 0 Å². The van der Waals surface area contributed by atoms with Gasteiger partial charge in [0, 0.05) is 26.3 Å². The van der Waals surface area contributed by atoms with Crippen molar-refractivity contribution in [2.45, 2.75) is 13.8 Å². The minimum Gasteiger partial charge on any atom is -0.325 e. The predicted molar refractivity (Wildman–Crippen MR) is 55.1 cm³/mol. The standard InChI is InChI=1S/C9H16N4O/c1-4-13(5-2)9(14)11-8-6-10-12(3)7-8/h6-7H,4-5H2,1-3H3,(H,11,14). The average Bonchev–Trinajstić information content (AvgIpc) is 2.53. The highest BCUT2D eigenvalue weighted by Gasteiger charge is 2.09. The molecule has 78 valence electrons. The number of rotatable bonds is 3. The summed E-state index contributed by atoms with van der Waals surface area (Å²) in [7, 11) is 1.81. The Morgan fingerprint density at radius 3 is 2.64 bits per heavy atom. The number of carbonyl (C=O) groups is 1. The lowest BCUT2D eigenvalue weighted by atomic mass is 10.5. The molecule has 14 heavy (non-hydrogen) atoms. The molecule has 0 fully saturated rings. The van der Waals surface area contributed by atoms with Crippen molar-refractivity contribution in [3.63, 3.8) is 0 Å². The van der Waals surface area contributed by atoms with Crippen molar-refractivity contribution in [1.29, 1.82) is 0 Å². The quantitative estimate of drug-likeness (QED) is 0.792. The van der Waals surface area contributed by atoms with Crippen LogP contribution in [0.4, 0.5) is 10.5 Å². The molecule has 5 heteroatoms. The van der Waals surface area contributed by atoms with Crippen LogP contribution in [0.25, 0.3) is 0 Å². The molecule has 1 N–H and O–H groups in total. The van der Waals surface area contributed by atoms with Crippen LogP contribution < -0.4 is 5.32 Å². The van der Waals surface area contributed by atoms with Crippen molar-refractivity contribution in [3.8, 4) is 0 Å². The zero-order valence-corrected chi connectivity index (χ0v) is 8.82. The van der Waals surface area contributed by atoms with Crippen LogP contribution in [0.15, 0.2) is 12.4 Å². The van der Waals surface area contributed by atoms with Gasteiger partial charge in [0.25, 0.3) is 0 Å². The minimum absolute atomic E-state index is 0.0806. The Kier molecular flexibility index (Phi) is 3.50. The van der Waals surface area contributed by atoms with Crippen molar-refractivity contribution in [2.75, 3.05) is 18.4 Å². The number of amides is 2. The fourth-order valence-electron chi connectivity index (χ4n) is 1.20. The molecule has 0 aliphatic heterocycles. The summed E-state index contributed by atoms with van der Waals surface area (Å²) in [5, 5.41) is 6.73. The summed E-state index contributed by atoms with van der Waals surface area (Å²) in [6.07, 6.45) is 3.39. The molecule has 0 saturated heterocycles. The molecule has 1 rings (SSSR count). The summed E-state index contributed by atoms with van der Waals surface area (Å²) >= 11 is 0. The van der Waals surface area contributed by atoms with Gasteiger partial charge in [0.15, 0.2) is 0 Å². The Bertz CT molecular complexity index is 304. The van der Waals surface area contributed by atoms with Crippen LogP contribution in [0.2, 0.25) is 0 Å². The van der Waals surface area contributed by atoms with E-state index in [0.29, 0.717) is 13.1 Å². The topological polar surface area (TPSA) is 50.2 Å². The first-order valence-corrected chi connectivity index (χ1v) is 4.72. The van der Waals surface area contributed by atoms with Gasteiger partial charge >= 0.3 is 6.03 Å². The van der Waals surface area contributed by atoms with Crippen LogP contribution in [0.5, 0.6) is 0 Å². The van der Waals surface area contributed by atoms with Crippen LogP contribution in [-0.2, 0) is 7.05 Å². The van der Waals surface area contributed by atoms with E-state index in [1.807, 2.05) is 20.9 Å². The molecule has 0 spiro atoms. The van der Waals surface area contributed by atoms with Crippen LogP contribution >= 0.6 is 0 Å². The number of nitrogens with one attached hydrogen (secondary N) is 1. The molecule has 0 radical (unpaired) electrons.